The van der Waals surface area contributed by atoms with Gasteiger partial charge in [0.15, 0.2) is 6.61 Å². The molecule has 4 heteroatoms. The number of rotatable bonds is 5. The molecule has 0 saturated carbocycles. The summed E-state index contributed by atoms with van der Waals surface area (Å²) in [6.45, 7) is 5.35. The van der Waals surface area contributed by atoms with Crippen molar-refractivity contribution in [2.75, 3.05) is 6.61 Å². The molecular weight excluding hydrogens is 254 g/mol. The summed E-state index contributed by atoms with van der Waals surface area (Å²) < 4.78 is 4.99. The molecule has 1 heterocycles. The predicted molar refractivity (Wildman–Crippen MR) is 77.8 cm³/mol. The van der Waals surface area contributed by atoms with Crippen LogP contribution in [0, 0.1) is 5.92 Å². The molecule has 4 nitrogen and oxygen atoms in total. The highest BCUT2D eigenvalue weighted by Crippen LogP contribution is 2.22. The van der Waals surface area contributed by atoms with Crippen LogP contribution in [-0.4, -0.2) is 23.3 Å². The maximum Gasteiger partial charge on any atom is 0.308 e. The van der Waals surface area contributed by atoms with Gasteiger partial charge in [0, 0.05) is 22.7 Å². The van der Waals surface area contributed by atoms with Crippen LogP contribution in [0.4, 0.5) is 0 Å². The van der Waals surface area contributed by atoms with Crippen LogP contribution < -0.4 is 0 Å². The minimum atomic E-state index is -0.354. The zero-order chi connectivity index (χ0) is 14.7. The maximum absolute atomic E-state index is 12.1. The second-order valence-corrected chi connectivity index (χ2v) is 5.08. The Balaban J connectivity index is 2.21. The molecule has 0 aliphatic heterocycles. The number of benzene rings is 1. The number of aryl methyl sites for hydroxylation is 1. The van der Waals surface area contributed by atoms with E-state index < -0.39 is 0 Å². The van der Waals surface area contributed by atoms with Crippen LogP contribution in [-0.2, 0) is 16.0 Å². The Kier molecular flexibility index (Phi) is 4.23. The van der Waals surface area contributed by atoms with Gasteiger partial charge in [-0.2, -0.15) is 0 Å². The third-order valence-corrected chi connectivity index (χ3v) is 3.30. The first kappa shape index (κ1) is 14.3. The molecule has 0 fully saturated rings. The highest BCUT2D eigenvalue weighted by molar-refractivity contribution is 6.09. The van der Waals surface area contributed by atoms with Gasteiger partial charge in [-0.25, -0.2) is 0 Å². The molecule has 2 rings (SSSR count). The van der Waals surface area contributed by atoms with E-state index in [0.29, 0.717) is 5.56 Å². The number of para-hydroxylation sites is 1. The number of Topliss-reactive ketones (excluding diaryl/α,β-unsaturated/α-hetero) is 1. The van der Waals surface area contributed by atoms with Gasteiger partial charge in [0.25, 0.3) is 0 Å². The third-order valence-electron chi connectivity index (χ3n) is 3.30. The van der Waals surface area contributed by atoms with Gasteiger partial charge in [-0.1, -0.05) is 39.0 Å². The molecule has 1 aromatic heterocycles. The van der Waals surface area contributed by atoms with Crippen LogP contribution in [0.2, 0.25) is 0 Å². The van der Waals surface area contributed by atoms with Gasteiger partial charge in [0.1, 0.15) is 0 Å². The number of fused-ring (bicyclic) bond motifs is 1. The Hall–Kier alpha value is -2.10. The molecule has 0 aliphatic rings. The largest absolute Gasteiger partial charge is 0.457 e. The minimum Gasteiger partial charge on any atom is -0.457 e. The number of ether oxygens (including phenoxy) is 1. The number of carbonyl (C=O) groups is 2. The normalized spacial score (nSPS) is 11.0. The summed E-state index contributed by atoms with van der Waals surface area (Å²) in [6, 6.07) is 5.88. The molecule has 0 unspecified atom stereocenters. The first-order valence-corrected chi connectivity index (χ1v) is 6.83. The van der Waals surface area contributed by atoms with Crippen LogP contribution in [0.3, 0.4) is 0 Å². The Morgan fingerprint density at radius 2 is 2.05 bits per heavy atom. The van der Waals surface area contributed by atoms with E-state index in [4.69, 9.17) is 4.74 Å². The Morgan fingerprint density at radius 3 is 2.70 bits per heavy atom. The van der Waals surface area contributed by atoms with E-state index in [1.54, 1.807) is 20.0 Å². The first-order valence-electron chi connectivity index (χ1n) is 6.83. The van der Waals surface area contributed by atoms with Gasteiger partial charge >= 0.3 is 5.97 Å². The summed E-state index contributed by atoms with van der Waals surface area (Å²) in [5.74, 6) is -0.761. The van der Waals surface area contributed by atoms with E-state index in [-0.39, 0.29) is 24.3 Å². The SMILES string of the molecule is CCc1cccc2c(C(=O)COC(=O)C(C)C)c[nH]c12. The van der Waals surface area contributed by atoms with Crippen molar-refractivity contribution in [3.63, 3.8) is 0 Å². The van der Waals surface area contributed by atoms with Crippen molar-refractivity contribution in [2.45, 2.75) is 27.2 Å². The topological polar surface area (TPSA) is 59.2 Å². The van der Waals surface area contributed by atoms with Gasteiger partial charge in [-0.15, -0.1) is 0 Å². The summed E-state index contributed by atoms with van der Waals surface area (Å²) in [4.78, 5) is 26.7. The molecule has 20 heavy (non-hydrogen) atoms. The third kappa shape index (κ3) is 2.74. The molecule has 2 aromatic rings. The summed E-state index contributed by atoms with van der Waals surface area (Å²) >= 11 is 0. The molecule has 0 saturated heterocycles. The van der Waals surface area contributed by atoms with Crippen molar-refractivity contribution in [3.05, 3.63) is 35.5 Å². The Morgan fingerprint density at radius 1 is 1.30 bits per heavy atom. The lowest BCUT2D eigenvalue weighted by Crippen LogP contribution is -2.17. The molecule has 1 aromatic carbocycles. The van der Waals surface area contributed by atoms with Gasteiger partial charge in [-0.3, -0.25) is 9.59 Å². The van der Waals surface area contributed by atoms with Crippen molar-refractivity contribution in [1.82, 2.24) is 4.98 Å². The highest BCUT2D eigenvalue weighted by atomic mass is 16.5. The lowest BCUT2D eigenvalue weighted by Gasteiger charge is -2.06. The molecule has 0 amide bonds. The molecule has 0 radical (unpaired) electrons. The number of carbonyl (C=O) groups excluding carboxylic acids is 2. The second kappa shape index (κ2) is 5.90. The monoisotopic (exact) mass is 273 g/mol. The molecule has 0 bridgehead atoms. The maximum atomic E-state index is 12.1. The minimum absolute atomic E-state index is 0.182. The second-order valence-electron chi connectivity index (χ2n) is 5.08. The fraction of sp³-hybridized carbons (Fsp3) is 0.375. The number of nitrogens with one attached hydrogen (secondary N) is 1. The number of hydrogen-bond donors (Lipinski definition) is 1. The van der Waals surface area contributed by atoms with E-state index >= 15 is 0 Å². The molecule has 0 spiro atoms. The van der Waals surface area contributed by atoms with Crippen LogP contribution in [0.1, 0.15) is 36.7 Å². The lowest BCUT2D eigenvalue weighted by molar-refractivity contribution is -0.146. The van der Waals surface area contributed by atoms with E-state index in [1.165, 1.54) is 5.56 Å². The number of H-pyrrole nitrogens is 1. The van der Waals surface area contributed by atoms with E-state index in [0.717, 1.165) is 17.3 Å². The van der Waals surface area contributed by atoms with Crippen molar-refractivity contribution >= 4 is 22.7 Å². The highest BCUT2D eigenvalue weighted by Gasteiger charge is 2.16. The zero-order valence-corrected chi connectivity index (χ0v) is 12.0. The molecule has 0 aliphatic carbocycles. The number of ketones is 1. The average Bonchev–Trinajstić information content (AvgIpc) is 2.87. The molecule has 0 atom stereocenters. The fourth-order valence-electron chi connectivity index (χ4n) is 2.12. The fourth-order valence-corrected chi connectivity index (χ4v) is 2.12. The number of esters is 1. The number of aromatic amines is 1. The summed E-state index contributed by atoms with van der Waals surface area (Å²) in [5.41, 5.74) is 2.72. The number of hydrogen-bond acceptors (Lipinski definition) is 3. The quantitative estimate of drug-likeness (QED) is 0.672. The van der Waals surface area contributed by atoms with Gasteiger partial charge in [0.2, 0.25) is 5.78 Å². The van der Waals surface area contributed by atoms with Gasteiger partial charge < -0.3 is 9.72 Å². The van der Waals surface area contributed by atoms with Crippen LogP contribution in [0.5, 0.6) is 0 Å². The zero-order valence-electron chi connectivity index (χ0n) is 12.0. The van der Waals surface area contributed by atoms with Crippen molar-refractivity contribution < 1.29 is 14.3 Å². The Labute approximate surface area is 118 Å². The summed E-state index contributed by atoms with van der Waals surface area (Å²) in [5, 5.41) is 0.884. The predicted octanol–water partition coefficient (Wildman–Crippen LogP) is 3.11. The molecular formula is C16H19NO3. The van der Waals surface area contributed by atoms with Gasteiger partial charge in [-0.05, 0) is 12.0 Å². The van der Waals surface area contributed by atoms with Crippen LogP contribution in [0.15, 0.2) is 24.4 Å². The van der Waals surface area contributed by atoms with Crippen LogP contribution in [0.25, 0.3) is 10.9 Å². The van der Waals surface area contributed by atoms with Crippen molar-refractivity contribution in [1.29, 1.82) is 0 Å². The van der Waals surface area contributed by atoms with Crippen molar-refractivity contribution in [2.24, 2.45) is 5.92 Å². The van der Waals surface area contributed by atoms with Gasteiger partial charge in [0.05, 0.1) is 5.92 Å². The van der Waals surface area contributed by atoms with E-state index in [1.807, 2.05) is 18.2 Å². The molecule has 1 N–H and O–H groups in total. The molecule has 106 valence electrons. The average molecular weight is 273 g/mol. The lowest BCUT2D eigenvalue weighted by atomic mass is 10.1. The van der Waals surface area contributed by atoms with Crippen LogP contribution >= 0.6 is 0 Å². The standard InChI is InChI=1S/C16H19NO3/c1-4-11-6-5-7-12-13(8-17-15(11)12)14(18)9-20-16(19)10(2)3/h5-8,10,17H,4,9H2,1-3H3. The van der Waals surface area contributed by atoms with E-state index in [2.05, 4.69) is 11.9 Å². The smallest absolute Gasteiger partial charge is 0.308 e. The van der Waals surface area contributed by atoms with E-state index in [9.17, 15) is 9.59 Å². The first-order chi connectivity index (χ1) is 9.54. The number of aromatic nitrogens is 1. The van der Waals surface area contributed by atoms with Crippen molar-refractivity contribution in [3.8, 4) is 0 Å². The summed E-state index contributed by atoms with van der Waals surface area (Å²) in [7, 11) is 0. The summed E-state index contributed by atoms with van der Waals surface area (Å²) in [6.07, 6.45) is 2.59. The Bertz CT molecular complexity index is 640.